The summed E-state index contributed by atoms with van der Waals surface area (Å²) in [5.74, 6) is -0.780. The van der Waals surface area contributed by atoms with Crippen LogP contribution in [0.2, 0.25) is 0 Å². The van der Waals surface area contributed by atoms with Gasteiger partial charge in [0.25, 0.3) is 5.56 Å². The molecule has 1 aromatic carbocycles. The molecule has 0 amide bonds. The van der Waals surface area contributed by atoms with E-state index in [1.807, 2.05) is 0 Å². The molecule has 0 atom stereocenters. The summed E-state index contributed by atoms with van der Waals surface area (Å²) < 4.78 is 89.4. The summed E-state index contributed by atoms with van der Waals surface area (Å²) in [6, 6.07) is 5.95. The molecule has 208 valence electrons. The number of alkyl halides is 6. The summed E-state index contributed by atoms with van der Waals surface area (Å²) in [4.78, 5) is 33.7. The van der Waals surface area contributed by atoms with Crippen molar-refractivity contribution in [2.45, 2.75) is 32.0 Å². The number of hydrogen-bond acceptors (Lipinski definition) is 7. The van der Waals surface area contributed by atoms with Crippen LogP contribution in [0.15, 0.2) is 52.2 Å². The van der Waals surface area contributed by atoms with Crippen molar-refractivity contribution >= 4 is 11.2 Å². The molecule has 39 heavy (non-hydrogen) atoms. The minimum absolute atomic E-state index is 0.0764. The molecule has 0 unspecified atom stereocenters. The third-order valence-electron chi connectivity index (χ3n) is 5.44. The SMILES string of the molecule is Cn1c(=O)n(CCCO)c(=O)c2c1nc(Oc1cccc(OC(F)(F)F)c1)n2Cc1ccc(C(F)(F)F)nc1. The number of imidazole rings is 1. The van der Waals surface area contributed by atoms with Crippen molar-refractivity contribution in [3.05, 3.63) is 74.7 Å². The number of aryl methyl sites for hydroxylation is 1. The van der Waals surface area contributed by atoms with E-state index in [4.69, 9.17) is 9.84 Å². The van der Waals surface area contributed by atoms with E-state index < -0.39 is 35.2 Å². The maximum Gasteiger partial charge on any atom is 0.573 e. The average molecular weight is 559 g/mol. The molecule has 0 fully saturated rings. The minimum Gasteiger partial charge on any atom is -0.425 e. The van der Waals surface area contributed by atoms with Crippen LogP contribution in [0.4, 0.5) is 26.3 Å². The Balaban J connectivity index is 1.86. The van der Waals surface area contributed by atoms with Crippen molar-refractivity contribution in [1.82, 2.24) is 23.7 Å². The molecule has 3 heterocycles. The monoisotopic (exact) mass is 559 g/mol. The first-order chi connectivity index (χ1) is 18.3. The van der Waals surface area contributed by atoms with Gasteiger partial charge in [0.1, 0.15) is 17.2 Å². The van der Waals surface area contributed by atoms with Gasteiger partial charge in [-0.25, -0.2) is 4.79 Å². The molecular formula is C23H19F6N5O5. The van der Waals surface area contributed by atoms with Gasteiger partial charge in [-0.1, -0.05) is 12.1 Å². The number of halogens is 6. The second-order valence-corrected chi connectivity index (χ2v) is 8.20. The first-order valence-electron chi connectivity index (χ1n) is 11.1. The fraction of sp³-hybridized carbons (Fsp3) is 0.304. The highest BCUT2D eigenvalue weighted by molar-refractivity contribution is 5.72. The van der Waals surface area contributed by atoms with Crippen molar-refractivity contribution < 1.29 is 40.9 Å². The molecule has 16 heteroatoms. The van der Waals surface area contributed by atoms with Crippen LogP contribution in [0.1, 0.15) is 17.7 Å². The van der Waals surface area contributed by atoms with Crippen molar-refractivity contribution in [2.75, 3.05) is 6.61 Å². The molecule has 3 aromatic heterocycles. The molecule has 4 aromatic rings. The topological polar surface area (TPSA) is 113 Å². The Hall–Kier alpha value is -4.34. The molecule has 0 spiro atoms. The number of pyridine rings is 1. The Morgan fingerprint density at radius 2 is 1.72 bits per heavy atom. The van der Waals surface area contributed by atoms with Crippen LogP contribution in [0, 0.1) is 0 Å². The van der Waals surface area contributed by atoms with Gasteiger partial charge in [-0.05, 0) is 30.2 Å². The zero-order valence-electron chi connectivity index (χ0n) is 20.0. The van der Waals surface area contributed by atoms with Crippen LogP contribution >= 0.6 is 0 Å². The van der Waals surface area contributed by atoms with Crippen molar-refractivity contribution in [3.8, 4) is 17.5 Å². The average Bonchev–Trinajstić information content (AvgIpc) is 3.19. The molecular weight excluding hydrogens is 540 g/mol. The van der Waals surface area contributed by atoms with E-state index in [9.17, 15) is 35.9 Å². The molecule has 0 aliphatic rings. The molecule has 10 nitrogen and oxygen atoms in total. The predicted octanol–water partition coefficient (Wildman–Crippen LogP) is 3.43. The molecule has 4 rings (SSSR count). The Labute approximate surface area is 214 Å². The molecule has 0 saturated heterocycles. The summed E-state index contributed by atoms with van der Waals surface area (Å²) in [5.41, 5.74) is -2.85. The lowest BCUT2D eigenvalue weighted by Crippen LogP contribution is -2.39. The normalized spacial score (nSPS) is 12.2. The van der Waals surface area contributed by atoms with Crippen LogP contribution in [-0.2, 0) is 26.3 Å². The highest BCUT2D eigenvalue weighted by Gasteiger charge is 2.33. The second-order valence-electron chi connectivity index (χ2n) is 8.20. The van der Waals surface area contributed by atoms with Gasteiger partial charge in [-0.3, -0.25) is 23.5 Å². The largest absolute Gasteiger partial charge is 0.573 e. The summed E-state index contributed by atoms with van der Waals surface area (Å²) in [7, 11) is 1.32. The lowest BCUT2D eigenvalue weighted by Gasteiger charge is -2.13. The fourth-order valence-electron chi connectivity index (χ4n) is 3.71. The number of nitrogens with zero attached hydrogens (tertiary/aromatic N) is 5. The number of ether oxygens (including phenoxy) is 2. The maximum absolute atomic E-state index is 13.3. The smallest absolute Gasteiger partial charge is 0.425 e. The van der Waals surface area contributed by atoms with Crippen LogP contribution in [-0.4, -0.2) is 41.7 Å². The first-order valence-corrected chi connectivity index (χ1v) is 11.1. The lowest BCUT2D eigenvalue weighted by molar-refractivity contribution is -0.274. The highest BCUT2D eigenvalue weighted by atomic mass is 19.4. The molecule has 0 radical (unpaired) electrons. The number of hydrogen-bond donors (Lipinski definition) is 1. The van der Waals surface area contributed by atoms with Crippen molar-refractivity contribution in [3.63, 3.8) is 0 Å². The van der Waals surface area contributed by atoms with Crippen LogP contribution in [0.5, 0.6) is 17.5 Å². The van der Waals surface area contributed by atoms with Gasteiger partial charge in [-0.15, -0.1) is 13.2 Å². The maximum atomic E-state index is 13.3. The van der Waals surface area contributed by atoms with E-state index in [0.29, 0.717) is 0 Å². The molecule has 0 bridgehead atoms. The van der Waals surface area contributed by atoms with Gasteiger partial charge in [-0.2, -0.15) is 18.2 Å². The molecule has 0 saturated carbocycles. The Bertz CT molecular complexity index is 1610. The zero-order valence-corrected chi connectivity index (χ0v) is 20.0. The van der Waals surface area contributed by atoms with E-state index >= 15 is 0 Å². The van der Waals surface area contributed by atoms with E-state index in [2.05, 4.69) is 14.7 Å². The second kappa shape index (κ2) is 10.4. The number of rotatable bonds is 8. The number of fused-ring (bicyclic) bond motifs is 1. The van der Waals surface area contributed by atoms with Crippen LogP contribution < -0.4 is 20.7 Å². The predicted molar refractivity (Wildman–Crippen MR) is 122 cm³/mol. The summed E-state index contributed by atoms with van der Waals surface area (Å²) >= 11 is 0. The lowest BCUT2D eigenvalue weighted by atomic mass is 10.2. The zero-order chi connectivity index (χ0) is 28.5. The van der Waals surface area contributed by atoms with Crippen molar-refractivity contribution in [1.29, 1.82) is 0 Å². The molecule has 0 aliphatic carbocycles. The van der Waals surface area contributed by atoms with E-state index in [1.54, 1.807) is 0 Å². The van der Waals surface area contributed by atoms with Gasteiger partial charge in [0.15, 0.2) is 11.2 Å². The van der Waals surface area contributed by atoms with E-state index in [1.165, 1.54) is 19.2 Å². The van der Waals surface area contributed by atoms with Gasteiger partial charge in [0.05, 0.1) is 6.54 Å². The molecule has 0 aliphatic heterocycles. The van der Waals surface area contributed by atoms with Gasteiger partial charge < -0.3 is 14.6 Å². The standard InChI is InChI=1S/C23H19F6N5O5/c1-32-18-17(19(36)33(21(32)37)8-3-9-35)34(12-13-6-7-16(30-11-13)22(24,25)26)20(31-18)38-14-4-2-5-15(10-14)39-23(27,28)29/h2,4-7,10-11,35H,3,8-9,12H2,1H3. The minimum atomic E-state index is -4.97. The Kier molecular flexibility index (Phi) is 7.41. The van der Waals surface area contributed by atoms with Gasteiger partial charge >= 0.3 is 24.2 Å². The number of benzene rings is 1. The fourth-order valence-corrected chi connectivity index (χ4v) is 3.71. The van der Waals surface area contributed by atoms with Crippen LogP contribution in [0.25, 0.3) is 11.2 Å². The Morgan fingerprint density at radius 3 is 2.33 bits per heavy atom. The van der Waals surface area contributed by atoms with E-state index in [0.717, 1.165) is 44.2 Å². The van der Waals surface area contributed by atoms with Crippen molar-refractivity contribution in [2.24, 2.45) is 7.05 Å². The first kappa shape index (κ1) is 27.7. The third kappa shape index (κ3) is 6.05. The summed E-state index contributed by atoms with van der Waals surface area (Å²) in [6.07, 6.45) is -8.65. The summed E-state index contributed by atoms with van der Waals surface area (Å²) in [6.45, 7) is -0.754. The Morgan fingerprint density at radius 1 is 1.00 bits per heavy atom. The summed E-state index contributed by atoms with van der Waals surface area (Å²) in [5, 5.41) is 9.15. The van der Waals surface area contributed by atoms with E-state index in [-0.39, 0.29) is 54.6 Å². The number of aromatic nitrogens is 5. The highest BCUT2D eigenvalue weighted by Crippen LogP contribution is 2.31. The van der Waals surface area contributed by atoms with Gasteiger partial charge in [0, 0.05) is 32.5 Å². The van der Waals surface area contributed by atoms with Crippen LogP contribution in [0.3, 0.4) is 0 Å². The number of aliphatic hydroxyl groups excluding tert-OH is 1. The quantitative estimate of drug-likeness (QED) is 0.329. The third-order valence-corrected chi connectivity index (χ3v) is 5.44. The van der Waals surface area contributed by atoms with Gasteiger partial charge in [0.2, 0.25) is 0 Å². The molecule has 1 N–H and O–H groups in total. The number of aliphatic hydroxyl groups is 1.